The fourth-order valence-corrected chi connectivity index (χ4v) is 3.01. The molecule has 3 N–H and O–H groups in total. The van der Waals surface area contributed by atoms with Crippen molar-refractivity contribution in [2.75, 3.05) is 0 Å². The van der Waals surface area contributed by atoms with Crippen molar-refractivity contribution in [2.24, 2.45) is 0 Å². The van der Waals surface area contributed by atoms with Gasteiger partial charge in [0.25, 0.3) is 0 Å². The summed E-state index contributed by atoms with van der Waals surface area (Å²) < 4.78 is 41.8. The summed E-state index contributed by atoms with van der Waals surface area (Å²) in [6.45, 7) is 4.95. The van der Waals surface area contributed by atoms with Gasteiger partial charge >= 0.3 is 17.9 Å². The van der Waals surface area contributed by atoms with Crippen LogP contribution in [0.5, 0.6) is 5.75 Å². The molecule has 0 bridgehead atoms. The number of rotatable bonds is 12. The van der Waals surface area contributed by atoms with Gasteiger partial charge in [-0.1, -0.05) is 30.7 Å². The molecule has 1 amide bonds. The number of carbonyl (C=O) groups excluding carboxylic acids is 1. The number of hydrogen-bond donors (Lipinski definition) is 3. The lowest BCUT2D eigenvalue weighted by Gasteiger charge is -2.11. The third-order valence-electron chi connectivity index (χ3n) is 5.01. The van der Waals surface area contributed by atoms with Crippen LogP contribution in [0.15, 0.2) is 50.9 Å². The van der Waals surface area contributed by atoms with Crippen molar-refractivity contribution in [1.29, 1.82) is 0 Å². The number of carbonyl (C=O) groups is 2. The molecule has 0 saturated heterocycles. The van der Waals surface area contributed by atoms with Gasteiger partial charge < -0.3 is 14.6 Å². The Labute approximate surface area is 195 Å². The molecular formula is C24H30F3NO6. The molecule has 0 spiro atoms. The van der Waals surface area contributed by atoms with Gasteiger partial charge in [0.2, 0.25) is 0 Å². The van der Waals surface area contributed by atoms with Gasteiger partial charge in [-0.05, 0) is 51.5 Å². The van der Waals surface area contributed by atoms with Crippen LogP contribution in [0.1, 0.15) is 81.3 Å². The molecule has 0 aromatic carbocycles. The van der Waals surface area contributed by atoms with Crippen molar-refractivity contribution in [3.05, 3.63) is 63.4 Å². The fraction of sp³-hybridized carbons (Fsp3) is 0.458. The number of alkyl halides is 3. The number of halogens is 3. The maximum absolute atomic E-state index is 12.6. The molecule has 1 aromatic heterocycles. The van der Waals surface area contributed by atoms with Gasteiger partial charge in [0, 0.05) is 24.6 Å². The van der Waals surface area contributed by atoms with E-state index >= 15 is 0 Å². The lowest BCUT2D eigenvalue weighted by molar-refractivity contribution is -0.135. The Morgan fingerprint density at radius 2 is 1.88 bits per heavy atom. The lowest BCUT2D eigenvalue weighted by Crippen LogP contribution is -2.16. The van der Waals surface area contributed by atoms with E-state index in [-0.39, 0.29) is 23.7 Å². The molecule has 7 nitrogen and oxygen atoms in total. The van der Waals surface area contributed by atoms with E-state index in [1.807, 2.05) is 0 Å². The average Bonchev–Trinajstić information content (AvgIpc) is 2.73. The molecule has 1 unspecified atom stereocenters. The molecule has 1 atom stereocenters. The summed E-state index contributed by atoms with van der Waals surface area (Å²) in [4.78, 5) is 35.4. The Morgan fingerprint density at radius 3 is 2.47 bits per heavy atom. The van der Waals surface area contributed by atoms with Crippen LogP contribution in [0.25, 0.3) is 0 Å². The molecule has 0 aliphatic rings. The zero-order chi connectivity index (χ0) is 25.9. The summed E-state index contributed by atoms with van der Waals surface area (Å²) >= 11 is 0. The summed E-state index contributed by atoms with van der Waals surface area (Å²) in [5, 5.41) is 20.9. The number of amides is 1. The van der Waals surface area contributed by atoms with E-state index in [1.54, 1.807) is 26.0 Å². The number of allylic oxidation sites excluding steroid dienone is 5. The summed E-state index contributed by atoms with van der Waals surface area (Å²) in [5.41, 5.74) is -0.529. The third-order valence-corrected chi connectivity index (χ3v) is 5.01. The quantitative estimate of drug-likeness (QED) is 0.140. The third kappa shape index (κ3) is 10.5. The van der Waals surface area contributed by atoms with Crippen LogP contribution in [0.3, 0.4) is 0 Å². The van der Waals surface area contributed by atoms with Gasteiger partial charge in [-0.25, -0.2) is 9.59 Å². The number of hydrogen-bond acceptors (Lipinski definition) is 5. The fourth-order valence-electron chi connectivity index (χ4n) is 3.01. The zero-order valence-electron chi connectivity index (χ0n) is 19.4. The molecule has 0 aliphatic heterocycles. The molecule has 0 saturated carbocycles. The number of aromatic hydroxyl groups is 1. The first kappa shape index (κ1) is 28.7. The van der Waals surface area contributed by atoms with Crippen LogP contribution in [0, 0.1) is 0 Å². The number of unbranched alkanes of at least 4 members (excludes halogenated alkanes) is 1. The predicted molar refractivity (Wildman–Crippen MR) is 121 cm³/mol. The zero-order valence-corrected chi connectivity index (χ0v) is 19.4. The Bertz CT molecular complexity index is 1000. The SMILES string of the molecule is C/C(=C\C=C(/C)C(=O)c1c(O)cc(C(C)CC/C=C/NC(=O)O)oc1=O)CCCCC(F)(F)F. The van der Waals surface area contributed by atoms with Crippen molar-refractivity contribution < 1.29 is 37.4 Å². The number of nitrogens with one attached hydrogen (secondary N) is 1. The summed E-state index contributed by atoms with van der Waals surface area (Å²) in [5.74, 6) is -1.31. The Hall–Kier alpha value is -3.30. The van der Waals surface area contributed by atoms with E-state index < -0.39 is 41.4 Å². The van der Waals surface area contributed by atoms with Crippen molar-refractivity contribution in [1.82, 2.24) is 5.32 Å². The van der Waals surface area contributed by atoms with E-state index in [1.165, 1.54) is 25.3 Å². The van der Waals surface area contributed by atoms with Gasteiger partial charge in [0.1, 0.15) is 17.1 Å². The molecule has 1 rings (SSSR count). The van der Waals surface area contributed by atoms with E-state index in [0.717, 1.165) is 5.57 Å². The molecule has 1 aromatic rings. The minimum absolute atomic E-state index is 0.0194. The molecule has 10 heteroatoms. The van der Waals surface area contributed by atoms with E-state index in [9.17, 15) is 32.7 Å². The highest BCUT2D eigenvalue weighted by atomic mass is 19.4. The van der Waals surface area contributed by atoms with Crippen LogP contribution >= 0.6 is 0 Å². The van der Waals surface area contributed by atoms with Crippen LogP contribution in [-0.2, 0) is 0 Å². The van der Waals surface area contributed by atoms with Gasteiger partial charge in [-0.2, -0.15) is 13.2 Å². The highest BCUT2D eigenvalue weighted by Gasteiger charge is 2.25. The molecule has 0 aliphatic carbocycles. The second-order valence-corrected chi connectivity index (χ2v) is 8.04. The van der Waals surface area contributed by atoms with Crippen molar-refractivity contribution in [2.45, 2.75) is 71.4 Å². The Balaban J connectivity index is 2.81. The molecule has 188 valence electrons. The van der Waals surface area contributed by atoms with Crippen molar-refractivity contribution in [3.63, 3.8) is 0 Å². The number of Topliss-reactive ketones (excluding diaryl/α,β-unsaturated/α-hetero) is 1. The van der Waals surface area contributed by atoms with Crippen molar-refractivity contribution >= 4 is 11.9 Å². The number of ketones is 1. The summed E-state index contributed by atoms with van der Waals surface area (Å²) in [6.07, 6.45) is 1.53. The maximum Gasteiger partial charge on any atom is 0.408 e. The van der Waals surface area contributed by atoms with Gasteiger partial charge in [0.05, 0.1) is 0 Å². The largest absolute Gasteiger partial charge is 0.507 e. The molecule has 0 fully saturated rings. The topological polar surface area (TPSA) is 117 Å². The predicted octanol–water partition coefficient (Wildman–Crippen LogP) is 6.21. The van der Waals surface area contributed by atoms with Crippen LogP contribution in [-0.4, -0.2) is 28.3 Å². The highest BCUT2D eigenvalue weighted by molar-refractivity contribution is 6.09. The van der Waals surface area contributed by atoms with Gasteiger partial charge in [0.15, 0.2) is 5.78 Å². The van der Waals surface area contributed by atoms with Gasteiger partial charge in [-0.3, -0.25) is 10.1 Å². The smallest absolute Gasteiger partial charge is 0.408 e. The standard InChI is InChI=1S/C24H30F3NO6/c1-15(8-4-6-12-24(25,26)27)10-11-17(3)21(30)20-18(29)14-19(34-22(20)31)16(2)9-5-7-13-28-23(32)33/h7,10-11,13-14,16,28-29H,4-6,8-9,12H2,1-3H3,(H,32,33)/b13-7+,15-10+,17-11+. The van der Waals surface area contributed by atoms with E-state index in [0.29, 0.717) is 25.7 Å². The van der Waals surface area contributed by atoms with Gasteiger partial charge in [-0.15, -0.1) is 0 Å². The molecule has 0 radical (unpaired) electrons. The second kappa shape index (κ2) is 13.4. The minimum Gasteiger partial charge on any atom is -0.507 e. The minimum atomic E-state index is -4.17. The lowest BCUT2D eigenvalue weighted by atomic mass is 9.99. The Morgan fingerprint density at radius 1 is 1.21 bits per heavy atom. The average molecular weight is 485 g/mol. The van der Waals surface area contributed by atoms with Crippen LogP contribution in [0.2, 0.25) is 0 Å². The summed E-state index contributed by atoms with van der Waals surface area (Å²) in [7, 11) is 0. The van der Waals surface area contributed by atoms with Crippen LogP contribution in [0.4, 0.5) is 18.0 Å². The molecule has 1 heterocycles. The van der Waals surface area contributed by atoms with E-state index in [4.69, 9.17) is 9.52 Å². The van der Waals surface area contributed by atoms with Crippen molar-refractivity contribution in [3.8, 4) is 5.75 Å². The number of carboxylic acid groups (broad SMARTS) is 1. The first-order valence-corrected chi connectivity index (χ1v) is 10.8. The monoisotopic (exact) mass is 485 g/mol. The molecular weight excluding hydrogens is 455 g/mol. The Kier molecular flexibility index (Phi) is 11.3. The normalized spacial score (nSPS) is 13.8. The first-order valence-electron chi connectivity index (χ1n) is 10.8. The first-order chi connectivity index (χ1) is 15.8. The second-order valence-electron chi connectivity index (χ2n) is 8.04. The maximum atomic E-state index is 12.6. The van der Waals surface area contributed by atoms with Crippen LogP contribution < -0.4 is 10.9 Å². The summed E-state index contributed by atoms with van der Waals surface area (Å²) in [6, 6.07) is 1.22. The molecule has 34 heavy (non-hydrogen) atoms. The highest BCUT2D eigenvalue weighted by Crippen LogP contribution is 2.26. The van der Waals surface area contributed by atoms with E-state index in [2.05, 4.69) is 5.32 Å².